The van der Waals surface area contributed by atoms with Crippen LogP contribution < -0.4 is 0 Å². The van der Waals surface area contributed by atoms with Crippen LogP contribution >= 0.6 is 0 Å². The first kappa shape index (κ1) is 33.5. The standard InChI is InChI=1S/C29H50O7S/c1-3-4-5-6-7-8-9-10-11-12-13-14-15-16-29(30)35-25-23-33-21-22-34-24-26-36-37(31,32)28-19-17-27(2)18-20-28/h17-20H,3-16,21-26H2,1-2H3. The van der Waals surface area contributed by atoms with E-state index in [4.69, 9.17) is 18.4 Å². The van der Waals surface area contributed by atoms with Crippen LogP contribution in [0.5, 0.6) is 0 Å². The summed E-state index contributed by atoms with van der Waals surface area (Å²) in [5.74, 6) is -0.171. The van der Waals surface area contributed by atoms with Gasteiger partial charge in [0.25, 0.3) is 10.1 Å². The zero-order valence-corrected chi connectivity index (χ0v) is 24.0. The van der Waals surface area contributed by atoms with Crippen LogP contribution in [0.4, 0.5) is 0 Å². The molecule has 0 heterocycles. The highest BCUT2D eigenvalue weighted by atomic mass is 32.2. The molecule has 0 fully saturated rings. The summed E-state index contributed by atoms with van der Waals surface area (Å²) in [7, 11) is -3.77. The molecule has 0 radical (unpaired) electrons. The molecule has 0 aromatic heterocycles. The minimum Gasteiger partial charge on any atom is -0.463 e. The quantitative estimate of drug-likeness (QED) is 0.0766. The van der Waals surface area contributed by atoms with Gasteiger partial charge in [-0.05, 0) is 25.5 Å². The van der Waals surface area contributed by atoms with Gasteiger partial charge in [-0.25, -0.2) is 0 Å². The summed E-state index contributed by atoms with van der Waals surface area (Å²) < 4.78 is 44.9. The van der Waals surface area contributed by atoms with Crippen molar-refractivity contribution in [3.8, 4) is 0 Å². The van der Waals surface area contributed by atoms with Crippen molar-refractivity contribution < 1.29 is 31.6 Å². The van der Waals surface area contributed by atoms with Gasteiger partial charge in [0.15, 0.2) is 0 Å². The van der Waals surface area contributed by atoms with Gasteiger partial charge in [-0.15, -0.1) is 0 Å². The topological polar surface area (TPSA) is 88.1 Å². The normalized spacial score (nSPS) is 11.6. The van der Waals surface area contributed by atoms with Crippen molar-refractivity contribution in [2.75, 3.05) is 39.6 Å². The van der Waals surface area contributed by atoms with Crippen LogP contribution in [0.3, 0.4) is 0 Å². The van der Waals surface area contributed by atoms with Crippen LogP contribution in [0.25, 0.3) is 0 Å². The first-order chi connectivity index (χ1) is 18.0. The number of carbonyl (C=O) groups excluding carboxylic acids is 1. The molecular formula is C29H50O7S. The first-order valence-electron chi connectivity index (χ1n) is 14.2. The van der Waals surface area contributed by atoms with E-state index >= 15 is 0 Å². The zero-order chi connectivity index (χ0) is 27.0. The Morgan fingerprint density at radius 2 is 1.11 bits per heavy atom. The lowest BCUT2D eigenvalue weighted by molar-refractivity contribution is -0.145. The molecule has 0 unspecified atom stereocenters. The van der Waals surface area contributed by atoms with Crippen LogP contribution in [0.1, 0.15) is 102 Å². The van der Waals surface area contributed by atoms with E-state index in [2.05, 4.69) is 6.92 Å². The van der Waals surface area contributed by atoms with Gasteiger partial charge in [-0.2, -0.15) is 8.42 Å². The summed E-state index contributed by atoms with van der Waals surface area (Å²) in [6, 6.07) is 6.49. The average Bonchev–Trinajstić information content (AvgIpc) is 2.88. The molecule has 0 bridgehead atoms. The lowest BCUT2D eigenvalue weighted by Gasteiger charge is -2.08. The van der Waals surface area contributed by atoms with Crippen LogP contribution in [-0.2, 0) is 33.3 Å². The van der Waals surface area contributed by atoms with Gasteiger partial charge in [0.2, 0.25) is 0 Å². The zero-order valence-electron chi connectivity index (χ0n) is 23.2. The second-order valence-corrected chi connectivity index (χ2v) is 11.1. The number of hydrogen-bond acceptors (Lipinski definition) is 7. The molecule has 1 aromatic rings. The van der Waals surface area contributed by atoms with Crippen molar-refractivity contribution in [3.63, 3.8) is 0 Å². The molecule has 1 rings (SSSR count). The molecule has 0 atom stereocenters. The van der Waals surface area contributed by atoms with Gasteiger partial charge in [0.05, 0.1) is 37.9 Å². The largest absolute Gasteiger partial charge is 0.463 e. The number of rotatable bonds is 25. The minimum absolute atomic E-state index is 0.0625. The van der Waals surface area contributed by atoms with Gasteiger partial charge in [-0.3, -0.25) is 8.98 Å². The summed E-state index contributed by atoms with van der Waals surface area (Å²) in [5.41, 5.74) is 0.979. The fourth-order valence-electron chi connectivity index (χ4n) is 3.87. The van der Waals surface area contributed by atoms with Gasteiger partial charge >= 0.3 is 5.97 Å². The molecule has 0 aliphatic heterocycles. The Labute approximate surface area is 225 Å². The first-order valence-corrected chi connectivity index (χ1v) is 15.6. The smallest absolute Gasteiger partial charge is 0.305 e. The maximum absolute atomic E-state index is 12.0. The molecule has 8 heteroatoms. The maximum Gasteiger partial charge on any atom is 0.305 e. The Morgan fingerprint density at radius 3 is 1.65 bits per heavy atom. The van der Waals surface area contributed by atoms with Crippen LogP contribution in [0, 0.1) is 6.92 Å². The molecule has 0 saturated carbocycles. The number of aryl methyl sites for hydroxylation is 1. The minimum atomic E-state index is -3.77. The fraction of sp³-hybridized carbons (Fsp3) is 0.759. The summed E-state index contributed by atoms with van der Waals surface area (Å²) in [6.07, 6.45) is 17.1. The molecule has 0 aliphatic carbocycles. The van der Waals surface area contributed by atoms with Crippen molar-refractivity contribution in [2.24, 2.45) is 0 Å². The number of unbranched alkanes of at least 4 members (excludes halogenated alkanes) is 12. The van der Waals surface area contributed by atoms with Crippen molar-refractivity contribution in [2.45, 2.75) is 109 Å². The number of hydrogen-bond donors (Lipinski definition) is 0. The Hall–Kier alpha value is -1.48. The fourth-order valence-corrected chi connectivity index (χ4v) is 4.76. The summed E-state index contributed by atoms with van der Waals surface area (Å²) >= 11 is 0. The highest BCUT2D eigenvalue weighted by molar-refractivity contribution is 7.86. The molecule has 7 nitrogen and oxygen atoms in total. The molecular weight excluding hydrogens is 492 g/mol. The molecule has 0 spiro atoms. The van der Waals surface area contributed by atoms with E-state index in [9.17, 15) is 13.2 Å². The molecule has 0 aliphatic rings. The number of carbonyl (C=O) groups is 1. The molecule has 0 N–H and O–H groups in total. The SMILES string of the molecule is CCCCCCCCCCCCCCCC(=O)OCCOCCOCCOS(=O)(=O)c1ccc(C)cc1. The van der Waals surface area contributed by atoms with E-state index < -0.39 is 10.1 Å². The lowest BCUT2D eigenvalue weighted by Crippen LogP contribution is -2.15. The Morgan fingerprint density at radius 1 is 0.649 bits per heavy atom. The Kier molecular flexibility index (Phi) is 20.4. The van der Waals surface area contributed by atoms with Crippen molar-refractivity contribution in [3.05, 3.63) is 29.8 Å². The van der Waals surface area contributed by atoms with Gasteiger partial charge in [0.1, 0.15) is 6.61 Å². The second-order valence-electron chi connectivity index (χ2n) is 9.53. The van der Waals surface area contributed by atoms with E-state index in [1.165, 1.54) is 82.8 Å². The van der Waals surface area contributed by atoms with E-state index in [0.717, 1.165) is 18.4 Å². The third-order valence-electron chi connectivity index (χ3n) is 6.12. The van der Waals surface area contributed by atoms with Crippen molar-refractivity contribution in [1.82, 2.24) is 0 Å². The van der Waals surface area contributed by atoms with Crippen LogP contribution in [0.15, 0.2) is 29.2 Å². The third kappa shape index (κ3) is 19.3. The van der Waals surface area contributed by atoms with Gasteiger partial charge in [-0.1, -0.05) is 102 Å². The predicted octanol–water partition coefficient (Wildman–Crippen LogP) is 6.76. The van der Waals surface area contributed by atoms with E-state index in [0.29, 0.717) is 26.2 Å². The van der Waals surface area contributed by atoms with Crippen LogP contribution in [0.2, 0.25) is 0 Å². The average molecular weight is 543 g/mol. The molecule has 37 heavy (non-hydrogen) atoms. The number of esters is 1. The molecule has 214 valence electrons. The van der Waals surface area contributed by atoms with E-state index in [1.54, 1.807) is 12.1 Å². The van der Waals surface area contributed by atoms with E-state index in [1.807, 2.05) is 6.92 Å². The summed E-state index contributed by atoms with van der Waals surface area (Å²) in [4.78, 5) is 11.9. The summed E-state index contributed by atoms with van der Waals surface area (Å²) in [5, 5.41) is 0. The molecule has 0 saturated heterocycles. The highest BCUT2D eigenvalue weighted by Gasteiger charge is 2.14. The maximum atomic E-state index is 12.0. The van der Waals surface area contributed by atoms with Gasteiger partial charge < -0.3 is 14.2 Å². The highest BCUT2D eigenvalue weighted by Crippen LogP contribution is 2.14. The lowest BCUT2D eigenvalue weighted by atomic mass is 10.0. The Balaban J connectivity index is 1.82. The number of ether oxygens (including phenoxy) is 3. The molecule has 1 aromatic carbocycles. The van der Waals surface area contributed by atoms with Crippen LogP contribution in [-0.4, -0.2) is 54.0 Å². The second kappa shape index (κ2) is 22.5. The monoisotopic (exact) mass is 542 g/mol. The van der Waals surface area contributed by atoms with E-state index in [-0.39, 0.29) is 30.7 Å². The van der Waals surface area contributed by atoms with Crippen molar-refractivity contribution in [1.29, 1.82) is 0 Å². The number of benzene rings is 1. The summed E-state index contributed by atoms with van der Waals surface area (Å²) in [6.45, 7) is 5.41. The van der Waals surface area contributed by atoms with Gasteiger partial charge in [0, 0.05) is 6.42 Å². The Bertz CT molecular complexity index is 778. The molecule has 0 amide bonds. The third-order valence-corrected chi connectivity index (χ3v) is 7.45. The van der Waals surface area contributed by atoms with Crippen molar-refractivity contribution >= 4 is 16.1 Å². The predicted molar refractivity (Wildman–Crippen MR) is 147 cm³/mol.